The van der Waals surface area contributed by atoms with E-state index in [9.17, 15) is 5.26 Å². The van der Waals surface area contributed by atoms with Crippen LogP contribution in [0.15, 0.2) is 24.3 Å². The SMILES string of the molecule is CC(C)NC(C#N)CCN1CCCc2ccccc2C1. The van der Waals surface area contributed by atoms with E-state index in [0.717, 1.165) is 26.1 Å². The Morgan fingerprint density at radius 1 is 1.30 bits per heavy atom. The topological polar surface area (TPSA) is 39.1 Å². The number of nitriles is 1. The Labute approximate surface area is 122 Å². The van der Waals surface area contributed by atoms with Gasteiger partial charge in [-0.2, -0.15) is 5.26 Å². The molecular weight excluding hydrogens is 246 g/mol. The van der Waals surface area contributed by atoms with E-state index in [1.807, 2.05) is 0 Å². The summed E-state index contributed by atoms with van der Waals surface area (Å²) in [4.78, 5) is 2.48. The Bertz CT molecular complexity index is 462. The van der Waals surface area contributed by atoms with Gasteiger partial charge in [0.05, 0.1) is 12.1 Å². The van der Waals surface area contributed by atoms with Gasteiger partial charge in [0.2, 0.25) is 0 Å². The highest BCUT2D eigenvalue weighted by atomic mass is 15.1. The molecule has 3 heteroatoms. The van der Waals surface area contributed by atoms with E-state index in [4.69, 9.17) is 0 Å². The second-order valence-corrected chi connectivity index (χ2v) is 5.94. The third kappa shape index (κ3) is 4.33. The standard InChI is InChI=1S/C17H25N3/c1-14(2)19-17(12-18)9-11-20-10-5-8-15-6-3-4-7-16(15)13-20/h3-4,6-7,14,17,19H,5,8-11,13H2,1-2H3. The number of nitrogens with zero attached hydrogens (tertiary/aromatic N) is 2. The van der Waals surface area contributed by atoms with Crippen LogP contribution in [0.5, 0.6) is 0 Å². The second kappa shape index (κ2) is 7.42. The third-order valence-electron chi connectivity index (χ3n) is 3.86. The molecule has 0 radical (unpaired) electrons. The summed E-state index contributed by atoms with van der Waals surface area (Å²) in [5.41, 5.74) is 2.95. The smallest absolute Gasteiger partial charge is 0.0967 e. The summed E-state index contributed by atoms with van der Waals surface area (Å²) in [7, 11) is 0. The van der Waals surface area contributed by atoms with Crippen LogP contribution in [0, 0.1) is 11.3 Å². The largest absolute Gasteiger partial charge is 0.300 e. The molecule has 20 heavy (non-hydrogen) atoms. The zero-order valence-corrected chi connectivity index (χ0v) is 12.6. The number of hydrogen-bond donors (Lipinski definition) is 1. The normalized spacial score (nSPS) is 17.3. The van der Waals surface area contributed by atoms with Gasteiger partial charge in [-0.25, -0.2) is 0 Å². The van der Waals surface area contributed by atoms with Gasteiger partial charge in [0, 0.05) is 19.1 Å². The van der Waals surface area contributed by atoms with Crippen molar-refractivity contribution in [1.82, 2.24) is 10.2 Å². The van der Waals surface area contributed by atoms with Crippen LogP contribution in [0.3, 0.4) is 0 Å². The first-order valence-electron chi connectivity index (χ1n) is 7.64. The lowest BCUT2D eigenvalue weighted by molar-refractivity contribution is 0.257. The Morgan fingerprint density at radius 3 is 2.75 bits per heavy atom. The molecule has 0 amide bonds. The van der Waals surface area contributed by atoms with Crippen molar-refractivity contribution < 1.29 is 0 Å². The monoisotopic (exact) mass is 271 g/mol. The summed E-state index contributed by atoms with van der Waals surface area (Å²) in [5.74, 6) is 0. The van der Waals surface area contributed by atoms with Crippen LogP contribution in [-0.2, 0) is 13.0 Å². The third-order valence-corrected chi connectivity index (χ3v) is 3.86. The molecule has 0 spiro atoms. The Balaban J connectivity index is 1.89. The summed E-state index contributed by atoms with van der Waals surface area (Å²) >= 11 is 0. The molecule has 1 heterocycles. The maximum Gasteiger partial charge on any atom is 0.0967 e. The fourth-order valence-electron chi connectivity index (χ4n) is 2.86. The van der Waals surface area contributed by atoms with Crippen LogP contribution < -0.4 is 5.32 Å². The molecule has 0 bridgehead atoms. The van der Waals surface area contributed by atoms with Gasteiger partial charge in [0.15, 0.2) is 0 Å². The van der Waals surface area contributed by atoms with Crippen molar-refractivity contribution in [3.05, 3.63) is 35.4 Å². The van der Waals surface area contributed by atoms with Crippen molar-refractivity contribution in [2.45, 2.75) is 51.7 Å². The second-order valence-electron chi connectivity index (χ2n) is 5.94. The lowest BCUT2D eigenvalue weighted by atomic mass is 10.0. The van der Waals surface area contributed by atoms with Crippen molar-refractivity contribution in [3.8, 4) is 6.07 Å². The highest BCUT2D eigenvalue weighted by Gasteiger charge is 2.16. The van der Waals surface area contributed by atoms with Crippen LogP contribution in [0.25, 0.3) is 0 Å². The number of nitrogens with one attached hydrogen (secondary N) is 1. The van der Waals surface area contributed by atoms with Crippen LogP contribution in [-0.4, -0.2) is 30.1 Å². The van der Waals surface area contributed by atoms with E-state index < -0.39 is 0 Å². The molecule has 108 valence electrons. The molecule has 3 nitrogen and oxygen atoms in total. The number of aryl methyl sites for hydroxylation is 1. The van der Waals surface area contributed by atoms with Crippen LogP contribution in [0.4, 0.5) is 0 Å². The first-order chi connectivity index (χ1) is 9.69. The zero-order chi connectivity index (χ0) is 14.4. The molecule has 2 rings (SSSR count). The first-order valence-corrected chi connectivity index (χ1v) is 7.64. The Kier molecular flexibility index (Phi) is 5.58. The van der Waals surface area contributed by atoms with E-state index >= 15 is 0 Å². The minimum Gasteiger partial charge on any atom is -0.300 e. The molecule has 0 aliphatic carbocycles. The Morgan fingerprint density at radius 2 is 2.05 bits per heavy atom. The van der Waals surface area contributed by atoms with Gasteiger partial charge in [0.1, 0.15) is 0 Å². The predicted octanol–water partition coefficient (Wildman–Crippen LogP) is 2.72. The highest BCUT2D eigenvalue weighted by Crippen LogP contribution is 2.18. The maximum atomic E-state index is 9.19. The molecule has 1 N–H and O–H groups in total. The number of rotatable bonds is 5. The van der Waals surface area contributed by atoms with Gasteiger partial charge in [-0.1, -0.05) is 24.3 Å². The van der Waals surface area contributed by atoms with Gasteiger partial charge < -0.3 is 0 Å². The minimum absolute atomic E-state index is 0.0338. The first kappa shape index (κ1) is 15.0. The number of benzene rings is 1. The van der Waals surface area contributed by atoms with Crippen LogP contribution >= 0.6 is 0 Å². The molecule has 1 aromatic rings. The van der Waals surface area contributed by atoms with E-state index in [2.05, 4.69) is 54.4 Å². The lowest BCUT2D eigenvalue weighted by Gasteiger charge is -2.22. The van der Waals surface area contributed by atoms with Gasteiger partial charge in [-0.3, -0.25) is 10.2 Å². The van der Waals surface area contributed by atoms with Gasteiger partial charge in [0.25, 0.3) is 0 Å². The fraction of sp³-hybridized carbons (Fsp3) is 0.588. The minimum atomic E-state index is -0.0338. The maximum absolute atomic E-state index is 9.19. The zero-order valence-electron chi connectivity index (χ0n) is 12.6. The molecule has 1 aliphatic rings. The fourth-order valence-corrected chi connectivity index (χ4v) is 2.86. The van der Waals surface area contributed by atoms with Crippen LogP contribution in [0.2, 0.25) is 0 Å². The lowest BCUT2D eigenvalue weighted by Crippen LogP contribution is -2.37. The summed E-state index contributed by atoms with van der Waals surface area (Å²) in [6, 6.07) is 11.4. The summed E-state index contributed by atoms with van der Waals surface area (Å²) in [6.45, 7) is 7.33. The van der Waals surface area contributed by atoms with E-state index in [1.165, 1.54) is 24.0 Å². The molecule has 1 atom stereocenters. The van der Waals surface area contributed by atoms with Crippen LogP contribution in [0.1, 0.15) is 37.8 Å². The predicted molar refractivity (Wildman–Crippen MR) is 82.3 cm³/mol. The van der Waals surface area contributed by atoms with Crippen molar-refractivity contribution in [2.24, 2.45) is 0 Å². The molecule has 0 aromatic heterocycles. The van der Waals surface area contributed by atoms with Gasteiger partial charge >= 0.3 is 0 Å². The van der Waals surface area contributed by atoms with Crippen molar-refractivity contribution >= 4 is 0 Å². The van der Waals surface area contributed by atoms with Crippen molar-refractivity contribution in [3.63, 3.8) is 0 Å². The van der Waals surface area contributed by atoms with Gasteiger partial charge in [-0.05, 0) is 50.8 Å². The van der Waals surface area contributed by atoms with Crippen molar-refractivity contribution in [1.29, 1.82) is 5.26 Å². The molecule has 0 saturated heterocycles. The van der Waals surface area contributed by atoms with E-state index in [-0.39, 0.29) is 6.04 Å². The highest BCUT2D eigenvalue weighted by molar-refractivity contribution is 5.28. The molecule has 1 aromatic carbocycles. The van der Waals surface area contributed by atoms with Gasteiger partial charge in [-0.15, -0.1) is 0 Å². The average molecular weight is 271 g/mol. The van der Waals surface area contributed by atoms with E-state index in [1.54, 1.807) is 0 Å². The average Bonchev–Trinajstić information content (AvgIpc) is 2.64. The Hall–Kier alpha value is -1.37. The number of hydrogen-bond acceptors (Lipinski definition) is 3. The summed E-state index contributed by atoms with van der Waals surface area (Å²) in [6.07, 6.45) is 3.29. The molecule has 1 aliphatic heterocycles. The summed E-state index contributed by atoms with van der Waals surface area (Å²) < 4.78 is 0. The molecule has 0 saturated carbocycles. The summed E-state index contributed by atoms with van der Waals surface area (Å²) in [5, 5.41) is 12.5. The van der Waals surface area contributed by atoms with Crippen molar-refractivity contribution in [2.75, 3.05) is 13.1 Å². The molecule has 1 unspecified atom stereocenters. The molecular formula is C17H25N3. The number of fused-ring (bicyclic) bond motifs is 1. The quantitative estimate of drug-likeness (QED) is 0.895. The molecule has 0 fully saturated rings. The van der Waals surface area contributed by atoms with E-state index in [0.29, 0.717) is 6.04 Å².